The van der Waals surface area contributed by atoms with E-state index in [1.807, 2.05) is 45.9 Å². The van der Waals surface area contributed by atoms with E-state index in [0.717, 1.165) is 16.8 Å². The molecule has 1 amide bonds. The lowest BCUT2D eigenvalue weighted by atomic mass is 10.1. The highest BCUT2D eigenvalue weighted by atomic mass is 32.2. The number of ether oxygens (including phenoxy) is 1. The molecule has 3 rings (SSSR count). The van der Waals surface area contributed by atoms with Crippen LogP contribution in [0.1, 0.15) is 48.4 Å². The van der Waals surface area contributed by atoms with Crippen LogP contribution in [0.4, 0.5) is 0 Å². The van der Waals surface area contributed by atoms with E-state index in [1.54, 1.807) is 48.3 Å². The highest BCUT2D eigenvalue weighted by Gasteiger charge is 2.22. The molecule has 1 N–H and O–H groups in total. The maximum atomic E-state index is 12.8. The number of benzene rings is 2. The molecule has 1 heterocycles. The number of aryl methyl sites for hydroxylation is 1. The van der Waals surface area contributed by atoms with Crippen molar-refractivity contribution in [3.63, 3.8) is 0 Å². The molecule has 0 radical (unpaired) electrons. The van der Waals surface area contributed by atoms with Crippen LogP contribution in [0.25, 0.3) is 5.69 Å². The van der Waals surface area contributed by atoms with Crippen molar-refractivity contribution in [2.24, 2.45) is 0 Å². The van der Waals surface area contributed by atoms with Gasteiger partial charge in [0.1, 0.15) is 11.4 Å². The van der Waals surface area contributed by atoms with Gasteiger partial charge >= 0.3 is 0 Å². The summed E-state index contributed by atoms with van der Waals surface area (Å²) in [6, 6.07) is 13.6. The molecule has 0 aliphatic heterocycles. The first-order valence-corrected chi connectivity index (χ1v) is 12.3. The molecule has 0 aliphatic carbocycles. The number of sulfonamides is 1. The number of carbonyl (C=O) groups is 1. The summed E-state index contributed by atoms with van der Waals surface area (Å²) in [5.74, 6) is 0.330. The van der Waals surface area contributed by atoms with E-state index >= 15 is 0 Å². The summed E-state index contributed by atoms with van der Waals surface area (Å²) < 4.78 is 33.7. The van der Waals surface area contributed by atoms with Gasteiger partial charge in [-0.15, -0.1) is 0 Å². The number of amides is 1. The quantitative estimate of drug-likeness (QED) is 0.515. The fraction of sp³-hybridized carbons (Fsp3) is 0.333. The van der Waals surface area contributed by atoms with Gasteiger partial charge < -0.3 is 10.1 Å². The zero-order valence-corrected chi connectivity index (χ0v) is 20.4. The van der Waals surface area contributed by atoms with Crippen LogP contribution in [0.15, 0.2) is 59.6 Å². The predicted molar refractivity (Wildman–Crippen MR) is 127 cm³/mol. The summed E-state index contributed by atoms with van der Waals surface area (Å²) in [4.78, 5) is 13.0. The number of nitrogens with one attached hydrogen (secondary N) is 1. The minimum Gasteiger partial charge on any atom is -0.494 e. The number of rotatable bonds is 9. The third-order valence-corrected chi connectivity index (χ3v) is 7.54. The Bertz CT molecular complexity index is 1220. The summed E-state index contributed by atoms with van der Waals surface area (Å²) in [7, 11) is -1.93. The van der Waals surface area contributed by atoms with Crippen LogP contribution in [-0.2, 0) is 10.0 Å². The van der Waals surface area contributed by atoms with Crippen LogP contribution >= 0.6 is 0 Å². The normalized spacial score (nSPS) is 12.5. The number of methoxy groups -OCH3 is 1. The maximum Gasteiger partial charge on any atom is 0.272 e. The minimum absolute atomic E-state index is 0.235. The number of nitrogens with zero attached hydrogens (tertiary/aromatic N) is 3. The maximum absolute atomic E-state index is 12.8. The second kappa shape index (κ2) is 10.2. The van der Waals surface area contributed by atoms with Gasteiger partial charge in [-0.05, 0) is 55.3 Å². The van der Waals surface area contributed by atoms with Crippen molar-refractivity contribution in [1.29, 1.82) is 0 Å². The minimum atomic E-state index is -3.52. The molecule has 1 aromatic heterocycles. The molecule has 0 saturated heterocycles. The predicted octanol–water partition coefficient (Wildman–Crippen LogP) is 3.71. The van der Waals surface area contributed by atoms with Gasteiger partial charge in [-0.1, -0.05) is 32.0 Å². The second-order valence-corrected chi connectivity index (χ2v) is 9.61. The first kappa shape index (κ1) is 24.5. The van der Waals surface area contributed by atoms with Gasteiger partial charge in [0.2, 0.25) is 10.0 Å². The molecule has 0 spiro atoms. The van der Waals surface area contributed by atoms with Gasteiger partial charge in [0.25, 0.3) is 5.91 Å². The van der Waals surface area contributed by atoms with Gasteiger partial charge in [-0.3, -0.25) is 4.79 Å². The summed E-state index contributed by atoms with van der Waals surface area (Å²) in [6.07, 6.45) is 1.71. The Morgan fingerprint density at radius 1 is 1.12 bits per heavy atom. The van der Waals surface area contributed by atoms with Gasteiger partial charge in [-0.2, -0.15) is 9.40 Å². The van der Waals surface area contributed by atoms with E-state index in [9.17, 15) is 13.2 Å². The lowest BCUT2D eigenvalue weighted by molar-refractivity contribution is 0.0934. The molecule has 2 aromatic carbocycles. The molecule has 9 heteroatoms. The number of aromatic nitrogens is 2. The van der Waals surface area contributed by atoms with Crippen LogP contribution in [0.5, 0.6) is 5.75 Å². The molecule has 33 heavy (non-hydrogen) atoms. The smallest absolute Gasteiger partial charge is 0.272 e. The Morgan fingerprint density at radius 3 is 2.39 bits per heavy atom. The molecule has 8 nitrogen and oxygen atoms in total. The summed E-state index contributed by atoms with van der Waals surface area (Å²) in [5, 5.41) is 7.32. The average molecular weight is 471 g/mol. The van der Waals surface area contributed by atoms with Gasteiger partial charge in [0.05, 0.1) is 18.0 Å². The van der Waals surface area contributed by atoms with Crippen molar-refractivity contribution in [2.75, 3.05) is 20.2 Å². The monoisotopic (exact) mass is 470 g/mol. The van der Waals surface area contributed by atoms with E-state index in [-0.39, 0.29) is 22.5 Å². The summed E-state index contributed by atoms with van der Waals surface area (Å²) in [6.45, 7) is 8.25. The Balaban J connectivity index is 1.74. The number of hydrogen-bond acceptors (Lipinski definition) is 5. The van der Waals surface area contributed by atoms with E-state index in [1.165, 1.54) is 4.31 Å². The van der Waals surface area contributed by atoms with Crippen LogP contribution in [-0.4, -0.2) is 48.6 Å². The average Bonchev–Trinajstić information content (AvgIpc) is 3.30. The highest BCUT2D eigenvalue weighted by molar-refractivity contribution is 7.89. The summed E-state index contributed by atoms with van der Waals surface area (Å²) in [5.41, 5.74) is 2.86. The van der Waals surface area contributed by atoms with Crippen molar-refractivity contribution in [3.8, 4) is 11.4 Å². The van der Waals surface area contributed by atoms with Crippen molar-refractivity contribution < 1.29 is 17.9 Å². The van der Waals surface area contributed by atoms with E-state index < -0.39 is 10.0 Å². The molecule has 1 atom stereocenters. The van der Waals surface area contributed by atoms with Crippen molar-refractivity contribution >= 4 is 15.9 Å². The molecule has 1 unspecified atom stereocenters. The molecule has 0 aliphatic rings. The van der Waals surface area contributed by atoms with Crippen molar-refractivity contribution in [1.82, 2.24) is 19.4 Å². The van der Waals surface area contributed by atoms with E-state index in [0.29, 0.717) is 18.8 Å². The standard InChI is InChI=1S/C24H30N4O4S/c1-6-27(7-2)33(30,31)20-11-9-19(10-12-20)18(4)25-24(29)21-14-15-28(26-21)22-16-17(3)8-13-23(22)32-5/h8-16,18H,6-7H2,1-5H3,(H,25,29). The van der Waals surface area contributed by atoms with Gasteiger partial charge in [0, 0.05) is 19.3 Å². The third-order valence-electron chi connectivity index (χ3n) is 5.47. The van der Waals surface area contributed by atoms with E-state index in [4.69, 9.17) is 4.74 Å². The largest absolute Gasteiger partial charge is 0.494 e. The molecule has 3 aromatic rings. The molecule has 0 saturated carbocycles. The Hall–Kier alpha value is -3.17. The zero-order valence-electron chi connectivity index (χ0n) is 19.6. The highest BCUT2D eigenvalue weighted by Crippen LogP contribution is 2.24. The molecular weight excluding hydrogens is 440 g/mol. The Kier molecular flexibility index (Phi) is 7.55. The van der Waals surface area contributed by atoms with Crippen LogP contribution in [0, 0.1) is 6.92 Å². The Morgan fingerprint density at radius 2 is 1.79 bits per heavy atom. The lowest BCUT2D eigenvalue weighted by Gasteiger charge is -2.19. The topological polar surface area (TPSA) is 93.5 Å². The van der Waals surface area contributed by atoms with Crippen molar-refractivity contribution in [3.05, 3.63) is 71.5 Å². The molecule has 176 valence electrons. The van der Waals surface area contributed by atoms with Crippen LogP contribution in [0.3, 0.4) is 0 Å². The first-order valence-electron chi connectivity index (χ1n) is 10.8. The zero-order chi connectivity index (χ0) is 24.2. The lowest BCUT2D eigenvalue weighted by Crippen LogP contribution is -2.30. The number of hydrogen-bond donors (Lipinski definition) is 1. The van der Waals surface area contributed by atoms with E-state index in [2.05, 4.69) is 10.4 Å². The molecule has 0 bridgehead atoms. The SMILES string of the molecule is CCN(CC)S(=O)(=O)c1ccc(C(C)NC(=O)c2ccn(-c3cc(C)ccc3OC)n2)cc1. The molecular formula is C24H30N4O4S. The fourth-order valence-corrected chi connectivity index (χ4v) is 5.01. The molecule has 0 fully saturated rings. The third kappa shape index (κ3) is 5.26. The van der Waals surface area contributed by atoms with Gasteiger partial charge in [0.15, 0.2) is 5.69 Å². The first-order chi connectivity index (χ1) is 15.7. The second-order valence-electron chi connectivity index (χ2n) is 7.67. The van der Waals surface area contributed by atoms with Crippen molar-refractivity contribution in [2.45, 2.75) is 38.6 Å². The van der Waals surface area contributed by atoms with Crippen LogP contribution in [0.2, 0.25) is 0 Å². The fourth-order valence-electron chi connectivity index (χ4n) is 3.55. The van der Waals surface area contributed by atoms with Gasteiger partial charge in [-0.25, -0.2) is 13.1 Å². The Labute approximate surface area is 195 Å². The summed E-state index contributed by atoms with van der Waals surface area (Å²) >= 11 is 0. The number of carbonyl (C=O) groups excluding carboxylic acids is 1. The van der Waals surface area contributed by atoms with Crippen LogP contribution < -0.4 is 10.1 Å².